The van der Waals surface area contributed by atoms with Gasteiger partial charge in [0.25, 0.3) is 0 Å². The van der Waals surface area contributed by atoms with E-state index in [1.165, 1.54) is 19.0 Å². The van der Waals surface area contributed by atoms with Crippen LogP contribution in [-0.2, 0) is 0 Å². The molecule has 2 N–H and O–H groups in total. The number of benzene rings is 1. The zero-order valence-corrected chi connectivity index (χ0v) is 15.2. The molecule has 1 saturated heterocycles. The van der Waals surface area contributed by atoms with Crippen LogP contribution in [0.3, 0.4) is 0 Å². The highest BCUT2D eigenvalue weighted by atomic mass is 35.5. The van der Waals surface area contributed by atoms with E-state index in [-0.39, 0.29) is 0 Å². The van der Waals surface area contributed by atoms with Gasteiger partial charge < -0.3 is 10.6 Å². The second kappa shape index (κ2) is 7.76. The second-order valence-electron chi connectivity index (χ2n) is 5.65. The molecular formula is C18H19Cl2N5. The Balaban J connectivity index is 0.000000569. The molecular weight excluding hydrogens is 357 g/mol. The van der Waals surface area contributed by atoms with E-state index in [1.54, 1.807) is 12.3 Å². The van der Waals surface area contributed by atoms with Crippen molar-refractivity contribution in [3.8, 4) is 11.3 Å². The van der Waals surface area contributed by atoms with Crippen molar-refractivity contribution in [2.75, 3.05) is 18.0 Å². The maximum atomic E-state index is 6.34. The highest BCUT2D eigenvalue weighted by Crippen LogP contribution is 2.31. The minimum atomic E-state index is 0.600. The van der Waals surface area contributed by atoms with Crippen molar-refractivity contribution in [2.24, 2.45) is 5.73 Å². The average molecular weight is 376 g/mol. The van der Waals surface area contributed by atoms with Gasteiger partial charge in [0.15, 0.2) is 0 Å². The molecule has 0 aliphatic carbocycles. The maximum absolute atomic E-state index is 6.34. The third-order valence-electron chi connectivity index (χ3n) is 3.97. The number of hydrogen-bond donors (Lipinski definition) is 1. The lowest BCUT2D eigenvalue weighted by Gasteiger charge is -2.19. The first-order chi connectivity index (χ1) is 12.1. The quantitative estimate of drug-likeness (QED) is 0.721. The summed E-state index contributed by atoms with van der Waals surface area (Å²) in [5.41, 5.74) is 7.18. The minimum absolute atomic E-state index is 0.600. The maximum Gasteiger partial charge on any atom is 0.211 e. The molecule has 7 heteroatoms. The van der Waals surface area contributed by atoms with E-state index >= 15 is 0 Å². The molecule has 25 heavy (non-hydrogen) atoms. The molecule has 1 aromatic carbocycles. The first-order valence-corrected chi connectivity index (χ1v) is 8.76. The molecule has 3 heterocycles. The Hall–Kier alpha value is -2.24. The van der Waals surface area contributed by atoms with Gasteiger partial charge in [-0.05, 0) is 37.2 Å². The summed E-state index contributed by atoms with van der Waals surface area (Å²) in [7, 11) is 0. The molecule has 130 valence electrons. The minimum Gasteiger partial charge on any atom is -0.405 e. The SMILES string of the molecule is C=CN.Clc1ccc(-c2cc3nccn3c(N3CCCC3)n2)c(Cl)c1. The first-order valence-electron chi connectivity index (χ1n) is 8.01. The summed E-state index contributed by atoms with van der Waals surface area (Å²) in [5.74, 6) is 0.925. The zero-order chi connectivity index (χ0) is 17.8. The van der Waals surface area contributed by atoms with Crippen molar-refractivity contribution in [3.05, 3.63) is 59.5 Å². The van der Waals surface area contributed by atoms with Gasteiger partial charge in [-0.3, -0.25) is 4.40 Å². The molecule has 1 fully saturated rings. The Kier molecular flexibility index (Phi) is 5.46. The monoisotopic (exact) mass is 375 g/mol. The van der Waals surface area contributed by atoms with Crippen LogP contribution in [0.1, 0.15) is 12.8 Å². The van der Waals surface area contributed by atoms with E-state index in [0.29, 0.717) is 10.0 Å². The molecule has 0 spiro atoms. The van der Waals surface area contributed by atoms with E-state index in [4.69, 9.17) is 28.2 Å². The van der Waals surface area contributed by atoms with E-state index in [1.807, 2.05) is 28.8 Å². The van der Waals surface area contributed by atoms with Crippen LogP contribution >= 0.6 is 23.2 Å². The molecule has 1 aliphatic heterocycles. The van der Waals surface area contributed by atoms with Crippen molar-refractivity contribution in [1.29, 1.82) is 0 Å². The van der Waals surface area contributed by atoms with E-state index in [9.17, 15) is 0 Å². The number of hydrogen-bond acceptors (Lipinski definition) is 4. The normalized spacial score (nSPS) is 13.6. The van der Waals surface area contributed by atoms with E-state index < -0.39 is 0 Å². The summed E-state index contributed by atoms with van der Waals surface area (Å²) in [5, 5.41) is 1.22. The van der Waals surface area contributed by atoms with Gasteiger partial charge in [-0.2, -0.15) is 0 Å². The number of imidazole rings is 1. The third-order valence-corrected chi connectivity index (χ3v) is 4.51. The smallest absolute Gasteiger partial charge is 0.211 e. The first kappa shape index (κ1) is 17.6. The van der Waals surface area contributed by atoms with Crippen LogP contribution in [0, 0.1) is 0 Å². The van der Waals surface area contributed by atoms with Crippen LogP contribution in [0.25, 0.3) is 16.9 Å². The summed E-state index contributed by atoms with van der Waals surface area (Å²) in [6, 6.07) is 7.43. The van der Waals surface area contributed by atoms with Gasteiger partial charge in [0, 0.05) is 42.1 Å². The number of nitrogens with two attached hydrogens (primary N) is 1. The number of rotatable bonds is 2. The second-order valence-corrected chi connectivity index (χ2v) is 6.49. The van der Waals surface area contributed by atoms with Gasteiger partial charge in [0.1, 0.15) is 5.65 Å². The molecule has 2 aromatic heterocycles. The predicted molar refractivity (Wildman–Crippen MR) is 104 cm³/mol. The van der Waals surface area contributed by atoms with Gasteiger partial charge in [0.05, 0.1) is 10.7 Å². The summed E-state index contributed by atoms with van der Waals surface area (Å²) in [6.45, 7) is 5.19. The largest absolute Gasteiger partial charge is 0.405 e. The Morgan fingerprint density at radius 1 is 1.16 bits per heavy atom. The van der Waals surface area contributed by atoms with E-state index in [2.05, 4.69) is 22.2 Å². The fourth-order valence-corrected chi connectivity index (χ4v) is 3.39. The van der Waals surface area contributed by atoms with Gasteiger partial charge in [-0.25, -0.2) is 9.97 Å². The standard InChI is InChI=1S/C16H14Cl2N4.C2H5N/c17-11-3-4-12(13(18)9-11)14-10-15-19-5-8-22(15)16(20-14)21-6-1-2-7-21;1-2-3/h3-5,8-10H,1-2,6-7H2;2H,1,3H2. The third kappa shape index (κ3) is 3.72. The topological polar surface area (TPSA) is 59.4 Å². The Morgan fingerprint density at radius 3 is 2.56 bits per heavy atom. The van der Waals surface area contributed by atoms with Crippen LogP contribution in [-0.4, -0.2) is 27.5 Å². The molecule has 0 bridgehead atoms. The molecule has 1 aliphatic rings. The van der Waals surface area contributed by atoms with Gasteiger partial charge in [0.2, 0.25) is 5.95 Å². The molecule has 0 amide bonds. The van der Waals surface area contributed by atoms with Crippen molar-refractivity contribution >= 4 is 34.8 Å². The van der Waals surface area contributed by atoms with Gasteiger partial charge in [-0.1, -0.05) is 29.8 Å². The molecule has 0 saturated carbocycles. The lowest BCUT2D eigenvalue weighted by Crippen LogP contribution is -2.22. The van der Waals surface area contributed by atoms with E-state index in [0.717, 1.165) is 35.9 Å². The number of anilines is 1. The lowest BCUT2D eigenvalue weighted by atomic mass is 10.1. The van der Waals surface area contributed by atoms with Crippen molar-refractivity contribution in [3.63, 3.8) is 0 Å². The lowest BCUT2D eigenvalue weighted by molar-refractivity contribution is 0.879. The Bertz CT molecular complexity index is 884. The highest BCUT2D eigenvalue weighted by Gasteiger charge is 2.19. The van der Waals surface area contributed by atoms with Crippen molar-refractivity contribution in [1.82, 2.24) is 14.4 Å². The summed E-state index contributed by atoms with van der Waals surface area (Å²) in [4.78, 5) is 11.5. The van der Waals surface area contributed by atoms with Crippen LogP contribution < -0.4 is 10.6 Å². The van der Waals surface area contributed by atoms with Crippen LogP contribution in [0.15, 0.2) is 49.4 Å². The average Bonchev–Trinajstić information content (AvgIpc) is 3.26. The van der Waals surface area contributed by atoms with Crippen LogP contribution in [0.4, 0.5) is 5.95 Å². The van der Waals surface area contributed by atoms with Crippen molar-refractivity contribution < 1.29 is 0 Å². The van der Waals surface area contributed by atoms with Gasteiger partial charge >= 0.3 is 0 Å². The number of aromatic nitrogens is 3. The molecule has 0 radical (unpaired) electrons. The van der Waals surface area contributed by atoms with Crippen LogP contribution in [0.5, 0.6) is 0 Å². The number of halogens is 2. The Labute approximate surface area is 156 Å². The molecule has 3 aromatic rings. The fourth-order valence-electron chi connectivity index (χ4n) is 2.88. The molecule has 0 unspecified atom stereocenters. The Morgan fingerprint density at radius 2 is 1.88 bits per heavy atom. The predicted octanol–water partition coefficient (Wildman–Crippen LogP) is 4.39. The van der Waals surface area contributed by atoms with Crippen LogP contribution in [0.2, 0.25) is 10.0 Å². The van der Waals surface area contributed by atoms with Crippen molar-refractivity contribution in [2.45, 2.75) is 12.8 Å². The molecule has 5 nitrogen and oxygen atoms in total. The zero-order valence-electron chi connectivity index (χ0n) is 13.7. The number of fused-ring (bicyclic) bond motifs is 1. The highest BCUT2D eigenvalue weighted by molar-refractivity contribution is 6.36. The summed E-state index contributed by atoms with van der Waals surface area (Å²) >= 11 is 12.3. The fraction of sp³-hybridized carbons (Fsp3) is 0.222. The number of nitrogens with zero attached hydrogens (tertiary/aromatic N) is 4. The van der Waals surface area contributed by atoms with Gasteiger partial charge in [-0.15, -0.1) is 0 Å². The summed E-state index contributed by atoms with van der Waals surface area (Å²) < 4.78 is 2.03. The summed E-state index contributed by atoms with van der Waals surface area (Å²) in [6.07, 6.45) is 7.39. The molecule has 4 rings (SSSR count). The molecule has 0 atom stereocenters.